The Morgan fingerprint density at radius 1 is 0.753 bits per heavy atom. The standard InChI is InChI=1S/C62H71N8O14P/c1-68-51-29-37(16-19-43(51)56(60(68)78)44(61(79)80)20-24-53(63)72)28-35-12-14-36(15-13-35)30-55(74)69-27-26-42-18-23-50(58(76)66-47(22-25-54(64)73)52(71)33-45(38-8-4-2-5-9-38)39-10-6-3-7-11-39)70(42)59(77)49(34-69)67-57(75)48-32-41-31-40(17-21-46(41)65-48)62(81)85(82,83)84/h2-11,16-17,19,21,29,31-32,35-36,42,44-45,47,49-50,56,65H,12-15,18,20,22-28,30,33-34H2,1H3,(H2,63,72)(H2,64,73)(H,66,76)(H,67,75)(H,79,80)(H2,82,83,84)/t35?,36?,42-,44?,47+,49+,50+,56?/m1/s1. The lowest BCUT2D eigenvalue weighted by atomic mass is 9.77. The van der Waals surface area contributed by atoms with Crippen molar-refractivity contribution in [2.45, 2.75) is 126 Å². The third-order valence-corrected chi connectivity index (χ3v) is 18.3. The molecule has 10 N–H and O–H groups in total. The average Bonchev–Trinajstić information content (AvgIpc) is 1.87. The zero-order valence-electron chi connectivity index (χ0n) is 47.1. The summed E-state index contributed by atoms with van der Waals surface area (Å²) in [5.74, 6) is -7.69. The number of Topliss-reactive ketones (excluding diaryl/α,β-unsaturated/α-hetero) is 1. The van der Waals surface area contributed by atoms with Crippen LogP contribution in [0.1, 0.15) is 138 Å². The number of rotatable bonds is 23. The van der Waals surface area contributed by atoms with Gasteiger partial charge in [-0.1, -0.05) is 72.8 Å². The zero-order chi connectivity index (χ0) is 60.9. The predicted molar refractivity (Wildman–Crippen MR) is 311 cm³/mol. The number of nitrogens with zero attached hydrogens (tertiary/aromatic N) is 3. The lowest BCUT2D eigenvalue weighted by Gasteiger charge is -2.39. The van der Waals surface area contributed by atoms with E-state index in [2.05, 4.69) is 15.6 Å². The molecule has 4 aromatic carbocycles. The minimum absolute atomic E-state index is 0.00135. The first kappa shape index (κ1) is 61.2. The highest BCUT2D eigenvalue weighted by molar-refractivity contribution is 7.70. The second-order valence-corrected chi connectivity index (χ2v) is 24.6. The Kier molecular flexibility index (Phi) is 18.9. The van der Waals surface area contributed by atoms with Gasteiger partial charge in [0, 0.05) is 79.9 Å². The summed E-state index contributed by atoms with van der Waals surface area (Å²) in [5, 5.41) is 16.0. The number of primary amides is 2. The van der Waals surface area contributed by atoms with Crippen LogP contribution in [0.2, 0.25) is 0 Å². The quantitative estimate of drug-likeness (QED) is 0.0391. The Morgan fingerprint density at radius 3 is 2.04 bits per heavy atom. The molecule has 22 nitrogen and oxygen atoms in total. The van der Waals surface area contributed by atoms with Gasteiger partial charge in [0.2, 0.25) is 35.4 Å². The van der Waals surface area contributed by atoms with Gasteiger partial charge in [-0.15, -0.1) is 0 Å². The molecule has 4 aliphatic rings. The van der Waals surface area contributed by atoms with Gasteiger partial charge in [0.1, 0.15) is 17.8 Å². The van der Waals surface area contributed by atoms with Crippen molar-refractivity contribution in [3.63, 3.8) is 0 Å². The van der Waals surface area contributed by atoms with E-state index in [9.17, 15) is 62.6 Å². The second-order valence-electron chi connectivity index (χ2n) is 23.1. The number of carboxylic acids is 1. The molecule has 4 heterocycles. The van der Waals surface area contributed by atoms with Gasteiger partial charge in [0.15, 0.2) is 5.78 Å². The van der Waals surface area contributed by atoms with Crippen molar-refractivity contribution in [2.24, 2.45) is 29.2 Å². The first-order valence-electron chi connectivity index (χ1n) is 28.8. The maximum Gasteiger partial charge on any atom is 0.396 e. The first-order chi connectivity index (χ1) is 40.5. The number of anilines is 1. The fourth-order valence-corrected chi connectivity index (χ4v) is 13.4. The van der Waals surface area contributed by atoms with Crippen LogP contribution in [-0.4, -0.2) is 133 Å². The Morgan fingerprint density at radius 2 is 1.40 bits per heavy atom. The summed E-state index contributed by atoms with van der Waals surface area (Å²) >= 11 is 0. The third-order valence-electron chi connectivity index (χ3n) is 17.5. The van der Waals surface area contributed by atoms with Gasteiger partial charge in [-0.05, 0) is 129 Å². The van der Waals surface area contributed by atoms with Crippen molar-refractivity contribution in [3.05, 3.63) is 137 Å². The lowest BCUT2D eigenvalue weighted by molar-refractivity contribution is -0.146. The number of benzene rings is 4. The molecule has 5 aromatic rings. The number of hydrogen-bond acceptors (Lipinski definition) is 11. The molecule has 3 fully saturated rings. The van der Waals surface area contributed by atoms with E-state index in [1.807, 2.05) is 72.8 Å². The summed E-state index contributed by atoms with van der Waals surface area (Å²) in [4.78, 5) is 161. The second kappa shape index (κ2) is 26.3. The summed E-state index contributed by atoms with van der Waals surface area (Å²) < 4.78 is 11.8. The normalized spacial score (nSPS) is 21.3. The molecular weight excluding hydrogens is 1110 g/mol. The van der Waals surface area contributed by atoms with Crippen molar-refractivity contribution in [2.75, 3.05) is 25.0 Å². The Balaban J connectivity index is 0.903. The number of likely N-dealkylation sites (N-methyl/N-ethyl adjacent to an activating group) is 1. The molecular formula is C62H71N8O14P. The molecule has 0 radical (unpaired) electrons. The molecule has 23 heteroatoms. The number of ketones is 1. The van der Waals surface area contributed by atoms with Crippen molar-refractivity contribution >= 4 is 82.8 Å². The molecule has 0 bridgehead atoms. The molecule has 1 aromatic heterocycles. The number of aliphatic carboxylic acids is 1. The van der Waals surface area contributed by atoms with Crippen LogP contribution >= 0.6 is 7.60 Å². The smallest absolute Gasteiger partial charge is 0.396 e. The van der Waals surface area contributed by atoms with Crippen molar-refractivity contribution in [3.8, 4) is 0 Å². The summed E-state index contributed by atoms with van der Waals surface area (Å²) in [6.45, 7) is -0.0767. The zero-order valence-corrected chi connectivity index (χ0v) is 48.0. The maximum atomic E-state index is 15.2. The number of aromatic nitrogens is 1. The molecule has 6 atom stereocenters. The van der Waals surface area contributed by atoms with Gasteiger partial charge in [0.05, 0.1) is 17.9 Å². The lowest BCUT2D eigenvalue weighted by Crippen LogP contribution is -2.61. The summed E-state index contributed by atoms with van der Waals surface area (Å²) in [7, 11) is -3.53. The van der Waals surface area contributed by atoms with E-state index in [4.69, 9.17) is 11.5 Å². The molecule has 2 unspecified atom stereocenters. The van der Waals surface area contributed by atoms with Crippen LogP contribution in [0.3, 0.4) is 0 Å². The van der Waals surface area contributed by atoms with Gasteiger partial charge in [-0.3, -0.25) is 52.5 Å². The van der Waals surface area contributed by atoms with Crippen molar-refractivity contribution < 1.29 is 67.4 Å². The molecule has 1 aliphatic carbocycles. The maximum absolute atomic E-state index is 15.2. The number of nitrogens with two attached hydrogens (primary N) is 2. The molecule has 9 rings (SSSR count). The highest BCUT2D eigenvalue weighted by Gasteiger charge is 2.47. The summed E-state index contributed by atoms with van der Waals surface area (Å²) in [6, 6.07) is 25.5. The Hall–Kier alpha value is -8.33. The number of amides is 7. The van der Waals surface area contributed by atoms with Crippen LogP contribution < -0.4 is 27.0 Å². The predicted octanol–water partition coefficient (Wildman–Crippen LogP) is 5.18. The number of carbonyl (C=O) groups excluding carboxylic acids is 9. The molecule has 85 heavy (non-hydrogen) atoms. The number of carboxylic acid groups (broad SMARTS) is 1. The minimum atomic E-state index is -5.14. The number of carbonyl (C=O) groups is 10. The van der Waals surface area contributed by atoms with E-state index >= 15 is 4.79 Å². The van der Waals surface area contributed by atoms with Crippen LogP contribution in [-0.2, 0) is 49.3 Å². The van der Waals surface area contributed by atoms with Crippen LogP contribution in [0.25, 0.3) is 10.9 Å². The molecule has 7 amide bonds. The first-order valence-corrected chi connectivity index (χ1v) is 30.4. The summed E-state index contributed by atoms with van der Waals surface area (Å²) in [6.07, 6.45) is 4.21. The van der Waals surface area contributed by atoms with Gasteiger partial charge in [-0.25, -0.2) is 0 Å². The van der Waals surface area contributed by atoms with Crippen molar-refractivity contribution in [1.82, 2.24) is 25.4 Å². The van der Waals surface area contributed by atoms with E-state index in [0.717, 1.165) is 42.4 Å². The summed E-state index contributed by atoms with van der Waals surface area (Å²) in [5.41, 5.74) is 13.4. The van der Waals surface area contributed by atoms with Crippen LogP contribution in [0.5, 0.6) is 0 Å². The highest BCUT2D eigenvalue weighted by Crippen LogP contribution is 2.44. The highest BCUT2D eigenvalue weighted by atomic mass is 31.2. The number of aromatic amines is 1. The fraction of sp³-hybridized carbons (Fsp3) is 0.419. The largest absolute Gasteiger partial charge is 0.481 e. The van der Waals surface area contributed by atoms with E-state index in [1.54, 1.807) is 18.0 Å². The number of fused-ring (bicyclic) bond motifs is 3. The van der Waals surface area contributed by atoms with Gasteiger partial charge in [-0.2, -0.15) is 0 Å². The average molecular weight is 1180 g/mol. The van der Waals surface area contributed by atoms with Crippen LogP contribution in [0.15, 0.2) is 103 Å². The topological polar surface area (TPSA) is 350 Å². The molecule has 3 aliphatic heterocycles. The van der Waals surface area contributed by atoms with Gasteiger partial charge < -0.3 is 56.7 Å². The third kappa shape index (κ3) is 14.3. The van der Waals surface area contributed by atoms with Crippen LogP contribution in [0.4, 0.5) is 5.69 Å². The van der Waals surface area contributed by atoms with E-state index in [-0.39, 0.29) is 110 Å². The minimum Gasteiger partial charge on any atom is -0.481 e. The van der Waals surface area contributed by atoms with E-state index < -0.39 is 84.6 Å². The van der Waals surface area contributed by atoms with Gasteiger partial charge in [0.25, 0.3) is 11.4 Å². The monoisotopic (exact) mass is 1180 g/mol. The SMILES string of the molecule is CN1C(=O)C(C(CCC(N)=O)C(=O)O)c2ccc(CC3CCC(CC(=O)N4CC[C@H]5CC[C@@H](C(=O)N[C@@H](CCC(N)=O)C(=O)CC(c6ccccc6)c6ccccc6)N5C(=O)[C@@H](NC(=O)c5cc6cc(C(=O)P(=O)(O)O)ccc6[nH]5)C4)CC3)cc21. The number of H-pyrrole nitrogens is 1. The van der Waals surface area contributed by atoms with Crippen molar-refractivity contribution in [1.29, 1.82) is 0 Å². The number of nitrogens with one attached hydrogen (secondary N) is 3. The molecule has 1 saturated carbocycles. The van der Waals surface area contributed by atoms with E-state index in [1.165, 1.54) is 34.1 Å². The molecule has 2 saturated heterocycles. The Labute approximate surface area is 490 Å². The Bertz CT molecular complexity index is 3410. The molecule has 448 valence electrons. The van der Waals surface area contributed by atoms with Gasteiger partial charge >= 0.3 is 13.6 Å². The fourth-order valence-electron chi connectivity index (χ4n) is 13.0. The molecule has 0 spiro atoms. The number of hydrogen-bond donors (Lipinski definition) is 8. The van der Waals surface area contributed by atoms with E-state index in [0.29, 0.717) is 36.0 Å². The van der Waals surface area contributed by atoms with Crippen LogP contribution in [0, 0.1) is 17.8 Å².